The highest BCUT2D eigenvalue weighted by Gasteiger charge is 2.23. The number of ether oxygens (including phenoxy) is 3. The van der Waals surface area contributed by atoms with Gasteiger partial charge >= 0.3 is 0 Å². The lowest BCUT2D eigenvalue weighted by molar-refractivity contribution is 0.00748. The van der Waals surface area contributed by atoms with E-state index in [1.807, 2.05) is 7.05 Å². The molecule has 0 bridgehead atoms. The maximum absolute atomic E-state index is 5.68. The first-order chi connectivity index (χ1) is 12.2. The van der Waals surface area contributed by atoms with E-state index in [0.717, 1.165) is 64.8 Å². The van der Waals surface area contributed by atoms with Gasteiger partial charge in [0.15, 0.2) is 5.96 Å². The van der Waals surface area contributed by atoms with Gasteiger partial charge in [0.1, 0.15) is 0 Å². The van der Waals surface area contributed by atoms with Crippen molar-refractivity contribution < 1.29 is 14.2 Å². The lowest BCUT2D eigenvalue weighted by Gasteiger charge is -2.37. The maximum Gasteiger partial charge on any atom is 0.191 e. The van der Waals surface area contributed by atoms with E-state index in [-0.39, 0.29) is 30.1 Å². The smallest absolute Gasteiger partial charge is 0.191 e. The number of hydrogen-bond acceptors (Lipinski definition) is 5. The van der Waals surface area contributed by atoms with Crippen LogP contribution in [0.3, 0.4) is 0 Å². The van der Waals surface area contributed by atoms with Crippen molar-refractivity contribution in [2.24, 2.45) is 10.9 Å². The molecule has 0 aromatic carbocycles. The minimum atomic E-state index is 0. The van der Waals surface area contributed by atoms with Crippen LogP contribution in [0.2, 0.25) is 0 Å². The maximum atomic E-state index is 5.68. The average molecular weight is 484 g/mol. The molecule has 2 aliphatic heterocycles. The van der Waals surface area contributed by atoms with Gasteiger partial charge in [-0.05, 0) is 18.8 Å². The van der Waals surface area contributed by atoms with Gasteiger partial charge in [0.25, 0.3) is 0 Å². The number of morpholine rings is 1. The molecule has 8 heteroatoms. The third kappa shape index (κ3) is 8.69. The summed E-state index contributed by atoms with van der Waals surface area (Å²) in [6.07, 6.45) is 2.57. The van der Waals surface area contributed by atoms with Crippen LogP contribution >= 0.6 is 24.0 Å². The van der Waals surface area contributed by atoms with Gasteiger partial charge in [0, 0.05) is 45.9 Å². The lowest BCUT2D eigenvalue weighted by Crippen LogP contribution is -2.52. The highest BCUT2D eigenvalue weighted by atomic mass is 127. The Bertz CT molecular complexity index is 387. The molecule has 7 nitrogen and oxygen atoms in total. The van der Waals surface area contributed by atoms with Crippen molar-refractivity contribution in [2.45, 2.75) is 38.8 Å². The molecule has 2 rings (SSSR count). The van der Waals surface area contributed by atoms with E-state index in [2.05, 4.69) is 34.4 Å². The summed E-state index contributed by atoms with van der Waals surface area (Å²) in [6.45, 7) is 12.1. The van der Waals surface area contributed by atoms with Crippen molar-refractivity contribution in [3.63, 3.8) is 0 Å². The van der Waals surface area contributed by atoms with Crippen LogP contribution in [0.25, 0.3) is 0 Å². The number of hydrogen-bond donors (Lipinski definition) is 2. The number of nitrogens with zero attached hydrogens (tertiary/aromatic N) is 2. The highest BCUT2D eigenvalue weighted by Crippen LogP contribution is 2.12. The fraction of sp³-hybridized carbons (Fsp3) is 0.944. The molecule has 0 aromatic rings. The fourth-order valence-electron chi connectivity index (χ4n) is 3.35. The second-order valence-electron chi connectivity index (χ2n) is 7.05. The summed E-state index contributed by atoms with van der Waals surface area (Å²) < 4.78 is 16.7. The van der Waals surface area contributed by atoms with Gasteiger partial charge < -0.3 is 24.8 Å². The van der Waals surface area contributed by atoms with Gasteiger partial charge in [-0.1, -0.05) is 13.8 Å². The third-order valence-corrected chi connectivity index (χ3v) is 4.85. The molecule has 0 saturated carbocycles. The quantitative estimate of drug-likeness (QED) is 0.223. The van der Waals surface area contributed by atoms with E-state index >= 15 is 0 Å². The molecular weight excluding hydrogens is 447 g/mol. The SMILES string of the molecule is CN=C(NCCOCC1CCCO1)NCC(C(C)C)N1CCOCC1.I. The normalized spacial score (nSPS) is 22.9. The van der Waals surface area contributed by atoms with Crippen molar-refractivity contribution in [1.29, 1.82) is 0 Å². The Morgan fingerprint density at radius 1 is 1.23 bits per heavy atom. The van der Waals surface area contributed by atoms with E-state index in [1.165, 1.54) is 0 Å². The van der Waals surface area contributed by atoms with Crippen LogP contribution in [-0.4, -0.2) is 89.3 Å². The molecule has 0 aromatic heterocycles. The average Bonchev–Trinajstić information content (AvgIpc) is 3.14. The molecule has 26 heavy (non-hydrogen) atoms. The highest BCUT2D eigenvalue weighted by molar-refractivity contribution is 14.0. The minimum absolute atomic E-state index is 0. The number of nitrogens with one attached hydrogen (secondary N) is 2. The molecule has 0 spiro atoms. The Labute approximate surface area is 175 Å². The van der Waals surface area contributed by atoms with Gasteiger partial charge in [-0.15, -0.1) is 24.0 Å². The molecular formula is C18H37IN4O3. The molecule has 2 fully saturated rings. The van der Waals surface area contributed by atoms with Crippen molar-refractivity contribution in [2.75, 3.05) is 66.3 Å². The van der Waals surface area contributed by atoms with Crippen LogP contribution < -0.4 is 10.6 Å². The molecule has 0 amide bonds. The zero-order valence-corrected chi connectivity index (χ0v) is 18.9. The first kappa shape index (κ1) is 23.9. The first-order valence-corrected chi connectivity index (χ1v) is 9.66. The Balaban J connectivity index is 0.00000338. The molecule has 154 valence electrons. The fourth-order valence-corrected chi connectivity index (χ4v) is 3.35. The molecule has 0 radical (unpaired) electrons. The molecule has 2 aliphatic rings. The summed E-state index contributed by atoms with van der Waals surface area (Å²) in [5.41, 5.74) is 0. The summed E-state index contributed by atoms with van der Waals surface area (Å²) in [5, 5.41) is 6.78. The topological polar surface area (TPSA) is 67.4 Å². The van der Waals surface area contributed by atoms with Crippen LogP contribution in [0, 0.1) is 5.92 Å². The van der Waals surface area contributed by atoms with E-state index < -0.39 is 0 Å². The number of aliphatic imine (C=N–C) groups is 1. The monoisotopic (exact) mass is 484 g/mol. The Kier molecular flexibility index (Phi) is 12.8. The van der Waals surface area contributed by atoms with E-state index in [9.17, 15) is 0 Å². The van der Waals surface area contributed by atoms with Gasteiger partial charge in [0.05, 0.1) is 32.5 Å². The van der Waals surface area contributed by atoms with E-state index in [1.54, 1.807) is 0 Å². The number of guanidine groups is 1. The Morgan fingerprint density at radius 2 is 2.00 bits per heavy atom. The zero-order valence-electron chi connectivity index (χ0n) is 16.5. The van der Waals surface area contributed by atoms with Gasteiger partial charge in [0.2, 0.25) is 0 Å². The number of rotatable bonds is 9. The zero-order chi connectivity index (χ0) is 17.9. The van der Waals surface area contributed by atoms with E-state index in [4.69, 9.17) is 14.2 Å². The number of halogens is 1. The van der Waals surface area contributed by atoms with Crippen LogP contribution in [0.5, 0.6) is 0 Å². The van der Waals surface area contributed by atoms with Crippen LogP contribution in [0.1, 0.15) is 26.7 Å². The van der Waals surface area contributed by atoms with Gasteiger partial charge in [-0.2, -0.15) is 0 Å². The van der Waals surface area contributed by atoms with Gasteiger partial charge in [-0.25, -0.2) is 0 Å². The van der Waals surface area contributed by atoms with Crippen molar-refractivity contribution in [3.05, 3.63) is 0 Å². The molecule has 2 heterocycles. The van der Waals surface area contributed by atoms with Crippen LogP contribution in [0.4, 0.5) is 0 Å². The van der Waals surface area contributed by atoms with Crippen molar-refractivity contribution >= 4 is 29.9 Å². The second kappa shape index (κ2) is 13.9. The largest absolute Gasteiger partial charge is 0.379 e. The summed E-state index contributed by atoms with van der Waals surface area (Å²) in [7, 11) is 1.81. The Morgan fingerprint density at radius 3 is 2.62 bits per heavy atom. The third-order valence-electron chi connectivity index (χ3n) is 4.85. The van der Waals surface area contributed by atoms with Crippen molar-refractivity contribution in [1.82, 2.24) is 15.5 Å². The minimum Gasteiger partial charge on any atom is -0.379 e. The molecule has 2 saturated heterocycles. The van der Waals surface area contributed by atoms with Crippen molar-refractivity contribution in [3.8, 4) is 0 Å². The predicted molar refractivity (Wildman–Crippen MR) is 116 cm³/mol. The van der Waals surface area contributed by atoms with Crippen LogP contribution in [0.15, 0.2) is 4.99 Å². The predicted octanol–water partition coefficient (Wildman–Crippen LogP) is 1.32. The Hall–Kier alpha value is -0.160. The second-order valence-corrected chi connectivity index (χ2v) is 7.05. The summed E-state index contributed by atoms with van der Waals surface area (Å²) in [6, 6.07) is 0.484. The van der Waals surface area contributed by atoms with Gasteiger partial charge in [-0.3, -0.25) is 9.89 Å². The summed E-state index contributed by atoms with van der Waals surface area (Å²) >= 11 is 0. The molecule has 2 unspecified atom stereocenters. The van der Waals surface area contributed by atoms with E-state index in [0.29, 0.717) is 25.2 Å². The first-order valence-electron chi connectivity index (χ1n) is 9.66. The van der Waals surface area contributed by atoms with Crippen LogP contribution in [-0.2, 0) is 14.2 Å². The molecule has 2 N–H and O–H groups in total. The molecule has 2 atom stereocenters. The lowest BCUT2D eigenvalue weighted by atomic mass is 10.0. The molecule has 0 aliphatic carbocycles. The summed E-state index contributed by atoms with van der Waals surface area (Å²) in [4.78, 5) is 6.82. The standard InChI is InChI=1S/C18H36N4O3.HI/c1-15(2)17(22-7-11-23-12-8-22)13-21-18(19-3)20-6-10-24-14-16-5-4-9-25-16;/h15-17H,4-14H2,1-3H3,(H2,19,20,21);1H. The summed E-state index contributed by atoms with van der Waals surface area (Å²) in [5.74, 6) is 1.41.